The molecule has 0 N–H and O–H groups in total. The van der Waals surface area contributed by atoms with E-state index in [0.717, 1.165) is 102 Å². The van der Waals surface area contributed by atoms with Gasteiger partial charge in [0.05, 0.1) is 45.3 Å². The maximum absolute atomic E-state index is 10.0. The molecule has 9 heteroatoms. The quantitative estimate of drug-likeness (QED) is 0.110. The van der Waals surface area contributed by atoms with Gasteiger partial charge < -0.3 is 28.9 Å². The Hall–Kier alpha value is -10.6. The SMILES string of the molecule is N#Cc1ccc(-c2ccc([Si](c3ccc(N4c5ccccc5Oc5ccccc54)cc3)(c3ccc(N4c5ccccc5Oc5ccccc54)cc3)c3ccc(N4c5ccccc5Oc5ccccc54)cc3)cc2)cc1C#N. The van der Waals surface area contributed by atoms with Gasteiger partial charge in [0.1, 0.15) is 12.1 Å². The summed E-state index contributed by atoms with van der Waals surface area (Å²) in [6.45, 7) is 0. The summed E-state index contributed by atoms with van der Waals surface area (Å²) in [5.74, 6) is 4.75. The van der Waals surface area contributed by atoms with Crippen LogP contribution in [-0.4, -0.2) is 8.07 Å². The highest BCUT2D eigenvalue weighted by Crippen LogP contribution is 2.53. The van der Waals surface area contributed by atoms with Gasteiger partial charge in [0.15, 0.2) is 42.6 Å². The molecule has 8 nitrogen and oxygen atoms in total. The van der Waals surface area contributed by atoms with Gasteiger partial charge in [0.25, 0.3) is 0 Å². The first-order valence-corrected chi connectivity index (χ1v) is 27.4. The van der Waals surface area contributed by atoms with E-state index in [1.807, 2.05) is 115 Å². The first kappa shape index (κ1) is 45.1. The maximum atomic E-state index is 10.0. The minimum atomic E-state index is -3.33. The van der Waals surface area contributed by atoms with Gasteiger partial charge in [-0.25, -0.2) is 0 Å². The highest BCUT2D eigenvalue weighted by atomic mass is 28.3. The molecule has 0 aliphatic carbocycles. The fourth-order valence-corrected chi connectivity index (χ4v) is 16.0. The van der Waals surface area contributed by atoms with Gasteiger partial charge in [-0.3, -0.25) is 0 Å². The topological polar surface area (TPSA) is 85.0 Å². The number of nitrogens with zero attached hydrogens (tertiary/aromatic N) is 5. The number of anilines is 9. The van der Waals surface area contributed by atoms with Crippen LogP contribution in [0.25, 0.3) is 11.1 Å². The lowest BCUT2D eigenvalue weighted by atomic mass is 10.0. The number of fused-ring (bicyclic) bond motifs is 6. The van der Waals surface area contributed by atoms with Crippen LogP contribution < -0.4 is 49.7 Å². The summed E-state index contributed by atoms with van der Waals surface area (Å²) in [6, 6.07) is 95.1. The molecular weight excluding hydrogens is 963 g/mol. The Morgan fingerprint density at radius 2 is 0.532 bits per heavy atom. The van der Waals surface area contributed by atoms with Crippen molar-refractivity contribution in [3.05, 3.63) is 272 Å². The zero-order valence-electron chi connectivity index (χ0n) is 41.3. The fraction of sp³-hybridized carbons (Fsp3) is 0. The Balaban J connectivity index is 0.983. The molecule has 3 aliphatic heterocycles. The summed E-state index contributed by atoms with van der Waals surface area (Å²) < 4.78 is 19.3. The van der Waals surface area contributed by atoms with Gasteiger partial charge in [-0.15, -0.1) is 0 Å². The normalized spacial score (nSPS) is 12.6. The Morgan fingerprint density at radius 3 is 0.818 bits per heavy atom. The molecule has 0 unspecified atom stereocenters. The molecule has 0 radical (unpaired) electrons. The van der Waals surface area contributed by atoms with Gasteiger partial charge >= 0.3 is 0 Å². The van der Waals surface area contributed by atoms with E-state index in [1.54, 1.807) is 12.1 Å². The molecule has 0 saturated carbocycles. The predicted octanol–water partition coefficient (Wildman–Crippen LogP) is 15.2. The molecule has 14 rings (SSSR count). The largest absolute Gasteiger partial charge is 0.453 e. The summed E-state index contributed by atoms with van der Waals surface area (Å²) in [4.78, 5) is 6.84. The number of rotatable bonds is 8. The number of nitriles is 2. The second kappa shape index (κ2) is 18.4. The van der Waals surface area contributed by atoms with Crippen molar-refractivity contribution in [1.29, 1.82) is 10.5 Å². The van der Waals surface area contributed by atoms with E-state index in [2.05, 4.69) is 160 Å². The van der Waals surface area contributed by atoms with Crippen LogP contribution in [0.15, 0.2) is 261 Å². The molecule has 11 aromatic rings. The molecule has 0 aromatic heterocycles. The van der Waals surface area contributed by atoms with Crippen LogP contribution in [0.4, 0.5) is 51.2 Å². The molecular formula is C68H43N5O3Si. The molecule has 362 valence electrons. The van der Waals surface area contributed by atoms with Crippen LogP contribution in [-0.2, 0) is 0 Å². The monoisotopic (exact) mass is 1010 g/mol. The van der Waals surface area contributed by atoms with Crippen molar-refractivity contribution in [2.45, 2.75) is 0 Å². The zero-order chi connectivity index (χ0) is 51.5. The standard InChI is InChI=1S/C68H43N5O3Si/c69-44-48-26-25-47(43-49(48)45-70)46-27-35-53(36-28-46)77(54-37-29-50(30-38-54)71-57-13-1-7-19-63(57)74-64-20-8-2-14-58(64)71,55-39-31-51(32-40-55)72-59-15-3-9-21-65(59)75-66-22-10-4-16-60(66)72)56-41-33-52(34-42-56)73-61-17-5-11-23-67(61)76-68-24-12-6-18-62(68)73/h1-43H. The van der Waals surface area contributed by atoms with Crippen molar-refractivity contribution in [2.24, 2.45) is 0 Å². The highest BCUT2D eigenvalue weighted by Gasteiger charge is 2.43. The number of benzene rings is 11. The molecule has 3 aliphatic rings. The lowest BCUT2D eigenvalue weighted by Crippen LogP contribution is -2.74. The summed E-state index contributed by atoms with van der Waals surface area (Å²) >= 11 is 0. The lowest BCUT2D eigenvalue weighted by Gasteiger charge is -2.37. The van der Waals surface area contributed by atoms with E-state index in [0.29, 0.717) is 11.1 Å². The molecule has 11 aromatic carbocycles. The molecule has 77 heavy (non-hydrogen) atoms. The van der Waals surface area contributed by atoms with Gasteiger partial charge in [0, 0.05) is 17.1 Å². The summed E-state index contributed by atoms with van der Waals surface area (Å²) in [6.07, 6.45) is 0. The Morgan fingerprint density at radius 1 is 0.273 bits per heavy atom. The highest BCUT2D eigenvalue weighted by molar-refractivity contribution is 7.19. The molecule has 0 atom stereocenters. The molecule has 0 bridgehead atoms. The molecule has 0 saturated heterocycles. The van der Waals surface area contributed by atoms with E-state index in [-0.39, 0.29) is 0 Å². The van der Waals surface area contributed by atoms with Crippen molar-refractivity contribution in [2.75, 3.05) is 14.7 Å². The summed E-state index contributed by atoms with van der Waals surface area (Å²) in [7, 11) is -3.33. The average Bonchev–Trinajstić information content (AvgIpc) is 3.52. The van der Waals surface area contributed by atoms with Crippen molar-refractivity contribution >= 4 is 80.0 Å². The van der Waals surface area contributed by atoms with E-state index in [1.165, 1.54) is 15.6 Å². The molecule has 0 amide bonds. The minimum absolute atomic E-state index is 0.347. The van der Waals surface area contributed by atoms with E-state index >= 15 is 0 Å². The van der Waals surface area contributed by atoms with Gasteiger partial charge in [-0.05, 0) is 153 Å². The van der Waals surface area contributed by atoms with E-state index < -0.39 is 8.07 Å². The average molecular weight is 1010 g/mol. The first-order valence-electron chi connectivity index (χ1n) is 25.4. The van der Waals surface area contributed by atoms with Gasteiger partial charge in [0.2, 0.25) is 0 Å². The summed E-state index contributed by atoms with van der Waals surface area (Å²) in [5, 5.41) is 24.5. The van der Waals surface area contributed by atoms with E-state index in [4.69, 9.17) is 14.2 Å². The van der Waals surface area contributed by atoms with Crippen LogP contribution in [0.5, 0.6) is 34.5 Å². The third kappa shape index (κ3) is 7.41. The Kier molecular flexibility index (Phi) is 10.8. The van der Waals surface area contributed by atoms with E-state index in [9.17, 15) is 10.5 Å². The minimum Gasteiger partial charge on any atom is -0.453 e. The fourth-order valence-electron chi connectivity index (χ4n) is 11.4. The van der Waals surface area contributed by atoms with Crippen molar-refractivity contribution < 1.29 is 14.2 Å². The number of hydrogen-bond acceptors (Lipinski definition) is 8. The predicted molar refractivity (Wildman–Crippen MR) is 309 cm³/mol. The number of hydrogen-bond donors (Lipinski definition) is 0. The molecule has 3 heterocycles. The third-order valence-electron chi connectivity index (χ3n) is 14.9. The van der Waals surface area contributed by atoms with Crippen molar-refractivity contribution in [3.8, 4) is 57.8 Å². The number of ether oxygens (including phenoxy) is 3. The van der Waals surface area contributed by atoms with Crippen LogP contribution in [0, 0.1) is 22.7 Å². The van der Waals surface area contributed by atoms with Crippen molar-refractivity contribution in [3.63, 3.8) is 0 Å². The van der Waals surface area contributed by atoms with Crippen LogP contribution in [0.3, 0.4) is 0 Å². The second-order valence-electron chi connectivity index (χ2n) is 19.1. The van der Waals surface area contributed by atoms with Crippen LogP contribution >= 0.6 is 0 Å². The smallest absolute Gasteiger partial charge is 0.179 e. The Bertz CT molecular complexity index is 3710. The summed E-state index contributed by atoms with van der Waals surface area (Å²) in [5.41, 5.74) is 11.3. The van der Waals surface area contributed by atoms with Gasteiger partial charge in [-0.2, -0.15) is 10.5 Å². The zero-order valence-corrected chi connectivity index (χ0v) is 42.3. The molecule has 0 fully saturated rings. The van der Waals surface area contributed by atoms with Crippen molar-refractivity contribution in [1.82, 2.24) is 0 Å². The first-order chi connectivity index (χ1) is 38.1. The third-order valence-corrected chi connectivity index (χ3v) is 19.7. The second-order valence-corrected chi connectivity index (χ2v) is 22.9. The van der Waals surface area contributed by atoms with Gasteiger partial charge in [-0.1, -0.05) is 140 Å². The Labute approximate surface area is 447 Å². The molecule has 0 spiro atoms. The maximum Gasteiger partial charge on any atom is 0.179 e. The van der Waals surface area contributed by atoms with Crippen LogP contribution in [0.2, 0.25) is 0 Å². The number of para-hydroxylation sites is 12. The lowest BCUT2D eigenvalue weighted by molar-refractivity contribution is 0.477. The van der Waals surface area contributed by atoms with Crippen LogP contribution in [0.1, 0.15) is 11.1 Å².